The van der Waals surface area contributed by atoms with Crippen LogP contribution in [0.1, 0.15) is 38.2 Å². The lowest BCUT2D eigenvalue weighted by molar-refractivity contribution is 0.305. The Kier molecular flexibility index (Phi) is 4.96. The van der Waals surface area contributed by atoms with Crippen LogP contribution < -0.4 is 4.74 Å². The summed E-state index contributed by atoms with van der Waals surface area (Å²) in [7, 11) is 0. The molecule has 1 aromatic heterocycles. The van der Waals surface area contributed by atoms with Crippen molar-refractivity contribution in [2.75, 3.05) is 6.61 Å². The molecule has 3 heteroatoms. The van der Waals surface area contributed by atoms with Gasteiger partial charge in [-0.25, -0.2) is 4.98 Å². The number of oxazole rings is 1. The molecule has 2 aromatic carbocycles. The molecule has 0 N–H and O–H groups in total. The van der Waals surface area contributed by atoms with Crippen LogP contribution in [-0.4, -0.2) is 11.6 Å². The maximum absolute atomic E-state index is 5.82. The fraction of sp³-hybridized carbons (Fsp3) is 0.350. The minimum absolute atomic E-state index is 0.653. The Balaban J connectivity index is 1.66. The van der Waals surface area contributed by atoms with Crippen LogP contribution in [0.4, 0.5) is 0 Å². The van der Waals surface area contributed by atoms with E-state index >= 15 is 0 Å². The van der Waals surface area contributed by atoms with Gasteiger partial charge in [-0.1, -0.05) is 32.3 Å². The Morgan fingerprint density at radius 3 is 2.61 bits per heavy atom. The smallest absolute Gasteiger partial charge is 0.227 e. The van der Waals surface area contributed by atoms with Gasteiger partial charge in [0.2, 0.25) is 5.89 Å². The third-order valence-electron chi connectivity index (χ3n) is 3.91. The van der Waals surface area contributed by atoms with Gasteiger partial charge in [0.1, 0.15) is 11.3 Å². The highest BCUT2D eigenvalue weighted by Gasteiger charge is 2.08. The van der Waals surface area contributed by atoms with Crippen LogP contribution in [0.2, 0.25) is 0 Å². The zero-order valence-corrected chi connectivity index (χ0v) is 13.8. The van der Waals surface area contributed by atoms with Crippen LogP contribution in [0.15, 0.2) is 46.9 Å². The lowest BCUT2D eigenvalue weighted by Crippen LogP contribution is -1.96. The molecule has 3 aromatic rings. The topological polar surface area (TPSA) is 35.3 Å². The van der Waals surface area contributed by atoms with Crippen molar-refractivity contribution in [2.45, 2.75) is 39.5 Å². The van der Waals surface area contributed by atoms with E-state index < -0.39 is 0 Å². The molecule has 0 saturated carbocycles. The summed E-state index contributed by atoms with van der Waals surface area (Å²) in [6.07, 6.45) is 4.87. The normalized spacial score (nSPS) is 11.0. The van der Waals surface area contributed by atoms with Crippen LogP contribution >= 0.6 is 0 Å². The molecule has 0 saturated heterocycles. The van der Waals surface area contributed by atoms with Crippen LogP contribution in [0, 0.1) is 6.92 Å². The van der Waals surface area contributed by atoms with E-state index in [1.165, 1.54) is 24.8 Å². The summed E-state index contributed by atoms with van der Waals surface area (Å²) in [5, 5.41) is 0. The zero-order valence-electron chi connectivity index (χ0n) is 13.8. The number of unbranched alkanes of at least 4 members (excludes halogenated alkanes) is 3. The molecular formula is C20H23NO2. The Labute approximate surface area is 137 Å². The Morgan fingerprint density at radius 2 is 1.83 bits per heavy atom. The second-order valence-corrected chi connectivity index (χ2v) is 5.92. The number of aryl methyl sites for hydroxylation is 1. The van der Waals surface area contributed by atoms with Gasteiger partial charge in [0, 0.05) is 5.56 Å². The number of hydrogen-bond acceptors (Lipinski definition) is 3. The van der Waals surface area contributed by atoms with Crippen LogP contribution in [0.5, 0.6) is 5.75 Å². The highest BCUT2D eigenvalue weighted by atomic mass is 16.5. The molecular weight excluding hydrogens is 286 g/mol. The molecule has 0 aliphatic heterocycles. The minimum atomic E-state index is 0.653. The van der Waals surface area contributed by atoms with Crippen molar-refractivity contribution in [1.82, 2.24) is 4.98 Å². The van der Waals surface area contributed by atoms with Crippen LogP contribution in [0.3, 0.4) is 0 Å². The third-order valence-corrected chi connectivity index (χ3v) is 3.91. The monoisotopic (exact) mass is 309 g/mol. The van der Waals surface area contributed by atoms with Gasteiger partial charge in [-0.15, -0.1) is 0 Å². The fourth-order valence-corrected chi connectivity index (χ4v) is 2.57. The number of ether oxygens (including phenoxy) is 1. The number of rotatable bonds is 7. The Morgan fingerprint density at radius 1 is 1.00 bits per heavy atom. The lowest BCUT2D eigenvalue weighted by Gasteiger charge is -2.06. The summed E-state index contributed by atoms with van der Waals surface area (Å²) >= 11 is 0. The Bertz CT molecular complexity index is 759. The van der Waals surface area contributed by atoms with E-state index in [0.717, 1.165) is 35.4 Å². The molecule has 0 aliphatic rings. The van der Waals surface area contributed by atoms with Gasteiger partial charge < -0.3 is 9.15 Å². The second-order valence-electron chi connectivity index (χ2n) is 5.92. The first-order valence-electron chi connectivity index (χ1n) is 8.36. The van der Waals surface area contributed by atoms with Crippen molar-refractivity contribution in [1.29, 1.82) is 0 Å². The molecule has 0 fully saturated rings. The average molecular weight is 309 g/mol. The van der Waals surface area contributed by atoms with Gasteiger partial charge in [0.05, 0.1) is 6.61 Å². The SMILES string of the molecule is CCCCCCOc1ccc(-c2nc3cc(C)ccc3o2)cc1. The highest BCUT2D eigenvalue weighted by molar-refractivity contribution is 5.76. The van der Waals surface area contributed by atoms with Crippen molar-refractivity contribution < 1.29 is 9.15 Å². The summed E-state index contributed by atoms with van der Waals surface area (Å²) in [6.45, 7) is 5.05. The standard InChI is InChI=1S/C20H23NO2/c1-3-4-5-6-13-22-17-10-8-16(9-11-17)20-21-18-14-15(2)7-12-19(18)23-20/h7-12,14H,3-6,13H2,1-2H3. The van der Waals surface area contributed by atoms with Gasteiger partial charge >= 0.3 is 0 Å². The van der Waals surface area contributed by atoms with Gasteiger partial charge in [0.25, 0.3) is 0 Å². The molecule has 0 spiro atoms. The number of fused-ring (bicyclic) bond motifs is 1. The number of nitrogens with zero attached hydrogens (tertiary/aromatic N) is 1. The van der Waals surface area contributed by atoms with E-state index in [4.69, 9.17) is 9.15 Å². The summed E-state index contributed by atoms with van der Waals surface area (Å²) in [4.78, 5) is 4.56. The van der Waals surface area contributed by atoms with Gasteiger partial charge in [-0.05, 0) is 55.3 Å². The molecule has 3 nitrogen and oxygen atoms in total. The molecule has 0 amide bonds. The zero-order chi connectivity index (χ0) is 16.1. The molecule has 3 rings (SSSR count). The van der Waals surface area contributed by atoms with Crippen molar-refractivity contribution >= 4 is 11.1 Å². The van der Waals surface area contributed by atoms with E-state index in [0.29, 0.717) is 5.89 Å². The molecule has 0 aliphatic carbocycles. The first-order valence-corrected chi connectivity index (χ1v) is 8.36. The molecule has 23 heavy (non-hydrogen) atoms. The maximum atomic E-state index is 5.82. The molecule has 1 heterocycles. The van der Waals surface area contributed by atoms with Crippen molar-refractivity contribution in [2.24, 2.45) is 0 Å². The summed E-state index contributed by atoms with van der Waals surface area (Å²) in [5.74, 6) is 1.55. The van der Waals surface area contributed by atoms with E-state index in [1.807, 2.05) is 42.5 Å². The molecule has 120 valence electrons. The molecule has 0 unspecified atom stereocenters. The number of aromatic nitrogens is 1. The molecule has 0 bridgehead atoms. The highest BCUT2D eigenvalue weighted by Crippen LogP contribution is 2.26. The number of hydrogen-bond donors (Lipinski definition) is 0. The minimum Gasteiger partial charge on any atom is -0.494 e. The summed E-state index contributed by atoms with van der Waals surface area (Å²) in [6, 6.07) is 14.0. The van der Waals surface area contributed by atoms with Crippen molar-refractivity contribution in [3.63, 3.8) is 0 Å². The first-order chi connectivity index (χ1) is 11.3. The predicted molar refractivity (Wildman–Crippen MR) is 93.8 cm³/mol. The van der Waals surface area contributed by atoms with Crippen LogP contribution in [0.25, 0.3) is 22.6 Å². The molecule has 0 radical (unpaired) electrons. The first kappa shape index (κ1) is 15.6. The van der Waals surface area contributed by atoms with Crippen LogP contribution in [-0.2, 0) is 0 Å². The largest absolute Gasteiger partial charge is 0.494 e. The predicted octanol–water partition coefficient (Wildman–Crippen LogP) is 5.76. The average Bonchev–Trinajstić information content (AvgIpc) is 2.98. The van der Waals surface area contributed by atoms with Gasteiger partial charge in [-0.3, -0.25) is 0 Å². The quantitative estimate of drug-likeness (QED) is 0.520. The Hall–Kier alpha value is -2.29. The second kappa shape index (κ2) is 7.32. The van der Waals surface area contributed by atoms with E-state index in [-0.39, 0.29) is 0 Å². The third kappa shape index (κ3) is 3.92. The van der Waals surface area contributed by atoms with Crippen molar-refractivity contribution in [3.05, 3.63) is 48.0 Å². The number of benzene rings is 2. The van der Waals surface area contributed by atoms with E-state index in [9.17, 15) is 0 Å². The maximum Gasteiger partial charge on any atom is 0.227 e. The summed E-state index contributed by atoms with van der Waals surface area (Å²) < 4.78 is 11.6. The van der Waals surface area contributed by atoms with Gasteiger partial charge in [-0.2, -0.15) is 0 Å². The van der Waals surface area contributed by atoms with Gasteiger partial charge in [0.15, 0.2) is 5.58 Å². The van der Waals surface area contributed by atoms with E-state index in [1.54, 1.807) is 0 Å². The summed E-state index contributed by atoms with van der Waals surface area (Å²) in [5.41, 5.74) is 3.87. The molecule has 0 atom stereocenters. The lowest BCUT2D eigenvalue weighted by atomic mass is 10.2. The van der Waals surface area contributed by atoms with E-state index in [2.05, 4.69) is 18.8 Å². The van der Waals surface area contributed by atoms with Crippen molar-refractivity contribution in [3.8, 4) is 17.2 Å². The fourth-order valence-electron chi connectivity index (χ4n) is 2.57.